The van der Waals surface area contributed by atoms with Gasteiger partial charge in [-0.15, -0.1) is 0 Å². The van der Waals surface area contributed by atoms with E-state index in [0.717, 1.165) is 44.2 Å². The van der Waals surface area contributed by atoms with Gasteiger partial charge in [-0.1, -0.05) is 0 Å². The van der Waals surface area contributed by atoms with Crippen LogP contribution in [0.1, 0.15) is 33.4 Å². The van der Waals surface area contributed by atoms with Crippen LogP contribution >= 0.6 is 23.2 Å². The van der Waals surface area contributed by atoms with Gasteiger partial charge < -0.3 is 0 Å². The van der Waals surface area contributed by atoms with Crippen molar-refractivity contribution in [3.05, 3.63) is 130 Å². The summed E-state index contributed by atoms with van der Waals surface area (Å²) in [5.41, 5.74) is 12.0. The second-order valence-corrected chi connectivity index (χ2v) is 18.8. The Labute approximate surface area is 263 Å². The molecular formula is C32H19Cl2N8Sn. The van der Waals surface area contributed by atoms with E-state index < -0.39 is 23.3 Å². The molecule has 0 spiro atoms. The van der Waals surface area contributed by atoms with Crippen molar-refractivity contribution in [3.8, 4) is 0 Å². The number of nitrogens with one attached hydrogen (secondary N) is 1. The Morgan fingerprint density at radius 2 is 1.28 bits per heavy atom. The van der Waals surface area contributed by atoms with Crippen LogP contribution in [-0.2, 0) is 3.01 Å². The molecule has 3 N–H and O–H groups in total. The summed E-state index contributed by atoms with van der Waals surface area (Å²) in [6, 6.07) is 31.4. The maximum atomic E-state index is 9.61. The number of fused-ring (bicyclic) bond motifs is 11. The van der Waals surface area contributed by atoms with E-state index in [0.29, 0.717) is 40.1 Å². The van der Waals surface area contributed by atoms with E-state index in [4.69, 9.17) is 48.9 Å². The molecule has 8 nitrogen and oxygen atoms in total. The van der Waals surface area contributed by atoms with Gasteiger partial charge in [0, 0.05) is 0 Å². The molecule has 11 heteroatoms. The zero-order chi connectivity index (χ0) is 29.0. The van der Waals surface area contributed by atoms with Gasteiger partial charge in [0.15, 0.2) is 0 Å². The molecule has 0 fully saturated rings. The van der Waals surface area contributed by atoms with Crippen LogP contribution in [0.2, 0.25) is 0 Å². The van der Waals surface area contributed by atoms with Crippen LogP contribution in [-0.4, -0.2) is 54.7 Å². The molecule has 2 bridgehead atoms. The van der Waals surface area contributed by atoms with Gasteiger partial charge >= 0.3 is 265 Å². The quantitative estimate of drug-likeness (QED) is 0.125. The first-order valence-corrected chi connectivity index (χ1v) is 18.3. The average Bonchev–Trinajstić information content (AvgIpc) is 3.70. The fourth-order valence-electron chi connectivity index (χ4n) is 6.37. The number of hydrogen-bond donors (Lipinski definition) is 2. The molecule has 1 atom stereocenters. The number of alkyl halides is 1. The Hall–Kier alpha value is -4.25. The molecule has 1 unspecified atom stereocenters. The number of nitrogens with zero attached hydrogens (tertiary/aromatic N) is 6. The molecule has 5 heterocycles. The van der Waals surface area contributed by atoms with Crippen LogP contribution in [0.3, 0.4) is 0 Å². The van der Waals surface area contributed by atoms with E-state index in [2.05, 4.69) is 2.79 Å². The number of aromatic nitrogens is 1. The number of rotatable bonds is 1. The molecule has 9 rings (SSSR count). The van der Waals surface area contributed by atoms with Crippen molar-refractivity contribution >= 4 is 94.4 Å². The Balaban J connectivity index is 1.47. The summed E-state index contributed by atoms with van der Waals surface area (Å²) in [5, 5.41) is 11.7. The van der Waals surface area contributed by atoms with E-state index in [1.807, 2.05) is 100 Å². The number of nitrogen functional groups attached to an aromatic ring is 1. The van der Waals surface area contributed by atoms with Crippen molar-refractivity contribution in [2.45, 2.75) is 3.01 Å². The Morgan fingerprint density at radius 3 is 2.02 bits per heavy atom. The zero-order valence-corrected chi connectivity index (χ0v) is 26.6. The molecule has 1 radical (unpaired) electrons. The number of aliphatic imine (C=N–C) groups is 4. The monoisotopic (exact) mass is 705 g/mol. The summed E-state index contributed by atoms with van der Waals surface area (Å²) in [7, 11) is 0. The van der Waals surface area contributed by atoms with E-state index in [1.165, 1.54) is 0 Å². The van der Waals surface area contributed by atoms with Crippen LogP contribution in [0.4, 0.5) is 11.6 Å². The predicted octanol–water partition coefficient (Wildman–Crippen LogP) is 6.13. The summed E-state index contributed by atoms with van der Waals surface area (Å²) in [4.78, 5) is 20.4. The number of anilines is 1. The maximum absolute atomic E-state index is 9.61. The van der Waals surface area contributed by atoms with Crippen LogP contribution in [0.5, 0.6) is 0 Å². The molecule has 5 aromatic rings. The summed E-state index contributed by atoms with van der Waals surface area (Å²) in [6.07, 6.45) is 0. The molecule has 4 aliphatic rings. The van der Waals surface area contributed by atoms with Gasteiger partial charge in [-0.05, 0) is 0 Å². The van der Waals surface area contributed by atoms with Gasteiger partial charge in [0.25, 0.3) is 0 Å². The van der Waals surface area contributed by atoms with Crippen molar-refractivity contribution in [2.75, 3.05) is 5.73 Å². The summed E-state index contributed by atoms with van der Waals surface area (Å²) >= 11 is 10.7. The molecule has 205 valence electrons. The third-order valence-corrected chi connectivity index (χ3v) is 17.7. The van der Waals surface area contributed by atoms with Gasteiger partial charge in [-0.25, -0.2) is 0 Å². The molecule has 4 aromatic carbocycles. The summed E-state index contributed by atoms with van der Waals surface area (Å²) in [6.45, 7) is 0. The molecule has 0 saturated heterocycles. The summed E-state index contributed by atoms with van der Waals surface area (Å²) in [5.74, 6) is 3.13. The molecule has 1 aromatic heterocycles. The van der Waals surface area contributed by atoms with Crippen LogP contribution < -0.4 is 5.73 Å². The SMILES string of the molecule is N=C1c2ccccc2C2=NC3=N/C(=N\c4c5ccccc5c(N)[n]4[Sn]([C]4(Cl)N=C(Cl)c5ccccc54)[N]12)c1ccccc13. The van der Waals surface area contributed by atoms with Crippen LogP contribution in [0.25, 0.3) is 10.8 Å². The third kappa shape index (κ3) is 3.31. The topological polar surface area (TPSA) is 107 Å². The Morgan fingerprint density at radius 1 is 0.698 bits per heavy atom. The normalized spacial score (nSPS) is 21.3. The van der Waals surface area contributed by atoms with Gasteiger partial charge in [-0.2, -0.15) is 0 Å². The number of nitrogens with two attached hydrogens (primary N) is 1. The van der Waals surface area contributed by atoms with E-state index in [1.54, 1.807) is 0 Å². The van der Waals surface area contributed by atoms with Crippen molar-refractivity contribution in [1.29, 1.82) is 5.41 Å². The minimum atomic E-state index is -3.98. The van der Waals surface area contributed by atoms with Gasteiger partial charge in [0.1, 0.15) is 0 Å². The minimum absolute atomic E-state index is 0.291. The van der Waals surface area contributed by atoms with Crippen molar-refractivity contribution in [2.24, 2.45) is 20.0 Å². The van der Waals surface area contributed by atoms with E-state index in [9.17, 15) is 5.41 Å². The van der Waals surface area contributed by atoms with Gasteiger partial charge in [0.2, 0.25) is 0 Å². The average molecular weight is 705 g/mol. The van der Waals surface area contributed by atoms with Crippen molar-refractivity contribution in [3.63, 3.8) is 0 Å². The van der Waals surface area contributed by atoms with E-state index >= 15 is 0 Å². The first kappa shape index (κ1) is 25.3. The number of hydrogen-bond acceptors (Lipinski definition) is 6. The predicted molar refractivity (Wildman–Crippen MR) is 175 cm³/mol. The fraction of sp³-hybridized carbons (Fsp3) is 0.0312. The second kappa shape index (κ2) is 8.88. The molecule has 0 aliphatic carbocycles. The molecular weight excluding hydrogens is 686 g/mol. The number of halogens is 2. The molecule has 43 heavy (non-hydrogen) atoms. The van der Waals surface area contributed by atoms with E-state index in [-0.39, 0.29) is 0 Å². The molecule has 0 saturated carbocycles. The first-order chi connectivity index (χ1) is 21.0. The van der Waals surface area contributed by atoms with Crippen molar-refractivity contribution in [1.82, 2.24) is 5.91 Å². The molecule has 0 amide bonds. The van der Waals surface area contributed by atoms with Crippen LogP contribution in [0.15, 0.2) is 117 Å². The Kier molecular flexibility index (Phi) is 5.22. The van der Waals surface area contributed by atoms with Crippen molar-refractivity contribution < 1.29 is 0 Å². The fourth-order valence-corrected chi connectivity index (χ4v) is 16.5. The molecule has 4 aliphatic heterocycles. The zero-order valence-electron chi connectivity index (χ0n) is 22.3. The van der Waals surface area contributed by atoms with Gasteiger partial charge in [0.05, 0.1) is 0 Å². The standard InChI is InChI=1S/C24H15N7.C8H4Cl2N.Sn/c25-19-13-7-1-3-9-15(13)21(27-19)29-23-17-11-5-6-12-18(17)24(31-23)30-22-16-10-4-2-8-14(16)20(26)28-22;9-7-5-3-1-2-4-6(5)8(10)11-7;/h1-12H,25H2,(H-,26,28,29,30,31);1-4H;/q-2;;+2. The number of benzene rings is 4. The second-order valence-electron chi connectivity index (χ2n) is 10.6. The first-order valence-electron chi connectivity index (χ1n) is 13.6. The summed E-state index contributed by atoms with van der Waals surface area (Å²) < 4.78 is 2.76. The Bertz CT molecular complexity index is 2230. The number of amidine groups is 4. The third-order valence-electron chi connectivity index (χ3n) is 8.28. The van der Waals surface area contributed by atoms with Gasteiger partial charge in [-0.3, -0.25) is 0 Å². The van der Waals surface area contributed by atoms with Crippen LogP contribution in [0, 0.1) is 5.41 Å².